The van der Waals surface area contributed by atoms with Crippen LogP contribution in [0.2, 0.25) is 0 Å². The van der Waals surface area contributed by atoms with Gasteiger partial charge >= 0.3 is 0 Å². The fourth-order valence-electron chi connectivity index (χ4n) is 0.507. The molecule has 2 aromatic rings. The molecule has 2 aromatic heterocycles. The number of halogens is 1. The predicted molar refractivity (Wildman–Crippen MR) is 64.3 cm³/mol. The molecular weight excluding hydrogens is 268 g/mol. The lowest BCUT2D eigenvalue weighted by molar-refractivity contribution is 0.509. The molecule has 0 saturated carbocycles. The lowest BCUT2D eigenvalue weighted by Crippen LogP contribution is -1.69. The zero-order valence-electron chi connectivity index (χ0n) is 8.53. The molecule has 0 fully saturated rings. The Hall–Kier alpha value is -1.64. The molecule has 0 atom stereocenters. The summed E-state index contributed by atoms with van der Waals surface area (Å²) in [5.41, 5.74) is 0. The minimum atomic E-state index is -3.12. The van der Waals surface area contributed by atoms with Gasteiger partial charge in [0.1, 0.15) is 0 Å². The van der Waals surface area contributed by atoms with Crippen LogP contribution in [0.15, 0.2) is 49.1 Å². The lowest BCUT2D eigenvalue weighted by atomic mass is 10.6. The van der Waals surface area contributed by atoms with Crippen LogP contribution in [0.5, 0.6) is 0 Å². The highest BCUT2D eigenvalue weighted by molar-refractivity contribution is 7.66. The molecule has 0 radical (unpaired) electrons. The highest BCUT2D eigenvalue weighted by Gasteiger charge is 1.60. The smallest absolute Gasteiger partial charge is 0.254 e. The third kappa shape index (κ3) is 20.4. The van der Waals surface area contributed by atoms with E-state index in [2.05, 4.69) is 20.4 Å². The molecule has 0 aliphatic heterocycles. The van der Waals surface area contributed by atoms with E-state index >= 15 is 0 Å². The van der Waals surface area contributed by atoms with Crippen molar-refractivity contribution in [1.29, 1.82) is 0 Å². The van der Waals surface area contributed by atoms with Gasteiger partial charge in [-0.15, -0.1) is 12.4 Å². The van der Waals surface area contributed by atoms with E-state index in [1.165, 1.54) is 0 Å². The van der Waals surface area contributed by atoms with E-state index in [1.807, 2.05) is 24.3 Å². The Kier molecular flexibility index (Phi) is 15.0. The van der Waals surface area contributed by atoms with E-state index < -0.39 is 11.0 Å². The van der Waals surface area contributed by atoms with Crippen molar-refractivity contribution < 1.29 is 13.0 Å². The molecule has 0 unspecified atom stereocenters. The van der Waals surface area contributed by atoms with Crippen molar-refractivity contribution in [1.82, 2.24) is 20.4 Å². The molecule has 9 heteroatoms. The predicted octanol–water partition coefficient (Wildman–Crippen LogP) is 0.446. The Balaban J connectivity index is 0. The first-order chi connectivity index (χ1) is 7.73. The Labute approximate surface area is 106 Å². The van der Waals surface area contributed by atoms with Crippen molar-refractivity contribution in [2.45, 2.75) is 0 Å². The summed E-state index contributed by atoms with van der Waals surface area (Å²) >= 11 is 0. The molecule has 7 nitrogen and oxygen atoms in total. The van der Waals surface area contributed by atoms with Crippen LogP contribution < -0.4 is 0 Å². The summed E-state index contributed by atoms with van der Waals surface area (Å²) in [4.78, 5) is 0. The largest absolute Gasteiger partial charge is 0.288 e. The van der Waals surface area contributed by atoms with Gasteiger partial charge < -0.3 is 0 Å². The van der Waals surface area contributed by atoms with Crippen LogP contribution in [0.3, 0.4) is 0 Å². The summed E-state index contributed by atoms with van der Waals surface area (Å²) in [5, 5.41) is 14.1. The van der Waals surface area contributed by atoms with Crippen molar-refractivity contribution in [3.8, 4) is 0 Å². The monoisotopic (exact) mass is 278 g/mol. The molecule has 0 aliphatic carbocycles. The summed E-state index contributed by atoms with van der Waals surface area (Å²) < 4.78 is 24.2. The Bertz CT molecular complexity index is 323. The van der Waals surface area contributed by atoms with Gasteiger partial charge in [0.05, 0.1) is 0 Å². The fourth-order valence-corrected chi connectivity index (χ4v) is 0.507. The molecule has 2 rings (SSSR count). The van der Waals surface area contributed by atoms with Gasteiger partial charge in [-0.05, 0) is 24.3 Å². The standard InChI is InChI=1S/2C4H4N2.ClH.H2O3S/c2*1-2-4-6-5-3-1;;1-4(2)3/h2*1-4H;1H;4H,(H,1,2,3). The third-order valence-electron chi connectivity index (χ3n) is 0.966. The van der Waals surface area contributed by atoms with Crippen LogP contribution in [0.4, 0.5) is 0 Å². The zero-order chi connectivity index (χ0) is 12.1. The first-order valence-electron chi connectivity index (χ1n) is 4.00. The molecule has 0 aromatic carbocycles. The minimum Gasteiger partial charge on any atom is -0.288 e. The number of thiol groups is 1. The van der Waals surface area contributed by atoms with E-state index in [9.17, 15) is 0 Å². The minimum absolute atomic E-state index is 0. The maximum absolute atomic E-state index is 8.59. The van der Waals surface area contributed by atoms with Crippen molar-refractivity contribution in [3.05, 3.63) is 49.1 Å². The van der Waals surface area contributed by atoms with E-state index in [0.29, 0.717) is 0 Å². The number of nitrogens with zero attached hydrogens (tertiary/aromatic N) is 4. The van der Waals surface area contributed by atoms with Crippen LogP contribution in [-0.2, 0) is 11.0 Å². The summed E-state index contributed by atoms with van der Waals surface area (Å²) in [7, 11) is -3.12. The number of aromatic nitrogens is 4. The number of hydrogen-bond donors (Lipinski definition) is 2. The summed E-state index contributed by atoms with van der Waals surface area (Å²) in [6.07, 6.45) is 6.56. The van der Waals surface area contributed by atoms with Crippen molar-refractivity contribution in [3.63, 3.8) is 0 Å². The van der Waals surface area contributed by atoms with E-state index in [0.717, 1.165) is 0 Å². The van der Waals surface area contributed by atoms with E-state index in [4.69, 9.17) is 13.0 Å². The molecule has 0 spiro atoms. The van der Waals surface area contributed by atoms with Gasteiger partial charge in [0.2, 0.25) is 0 Å². The van der Waals surface area contributed by atoms with Gasteiger partial charge in [-0.3, -0.25) is 4.55 Å². The maximum Gasteiger partial charge on any atom is 0.254 e. The van der Waals surface area contributed by atoms with E-state index in [1.54, 1.807) is 24.8 Å². The second kappa shape index (κ2) is 14.4. The fraction of sp³-hybridized carbons (Fsp3) is 0. The average Bonchev–Trinajstić information content (AvgIpc) is 2.34. The van der Waals surface area contributed by atoms with Gasteiger partial charge in [0.25, 0.3) is 11.0 Å². The van der Waals surface area contributed by atoms with Gasteiger partial charge in [-0.25, -0.2) is 8.42 Å². The number of hydrogen-bond acceptors (Lipinski definition) is 6. The van der Waals surface area contributed by atoms with Gasteiger partial charge in [0.15, 0.2) is 0 Å². The summed E-state index contributed by atoms with van der Waals surface area (Å²) in [6, 6.07) is 7.31. The topological polar surface area (TPSA) is 106 Å². The molecule has 17 heavy (non-hydrogen) atoms. The van der Waals surface area contributed by atoms with Crippen LogP contribution in [0, 0.1) is 0 Å². The summed E-state index contributed by atoms with van der Waals surface area (Å²) in [5.74, 6) is 0. The molecule has 94 valence electrons. The maximum atomic E-state index is 8.59. The van der Waals surface area contributed by atoms with Crippen molar-refractivity contribution in [2.24, 2.45) is 0 Å². The SMILES string of the molecule is Cl.O=[SH](=O)O.c1ccnnc1.c1ccnnc1. The zero-order valence-corrected chi connectivity index (χ0v) is 10.2. The van der Waals surface area contributed by atoms with Crippen LogP contribution >= 0.6 is 12.4 Å². The second-order valence-corrected chi connectivity index (χ2v) is 2.54. The lowest BCUT2D eigenvalue weighted by Gasteiger charge is -1.69. The Morgan fingerprint density at radius 1 is 0.706 bits per heavy atom. The molecule has 1 N–H and O–H groups in total. The molecule has 0 amide bonds. The van der Waals surface area contributed by atoms with Gasteiger partial charge in [-0.1, -0.05) is 0 Å². The molecular formula is C8H11ClN4O3S. The first-order valence-corrected chi connectivity index (χ1v) is 5.13. The van der Waals surface area contributed by atoms with Crippen LogP contribution in [-0.4, -0.2) is 33.4 Å². The quantitative estimate of drug-likeness (QED) is 0.532. The Morgan fingerprint density at radius 3 is 0.941 bits per heavy atom. The van der Waals surface area contributed by atoms with Crippen molar-refractivity contribution in [2.75, 3.05) is 0 Å². The third-order valence-corrected chi connectivity index (χ3v) is 0.966. The first kappa shape index (κ1) is 17.7. The second-order valence-electron chi connectivity index (χ2n) is 2.07. The highest BCUT2D eigenvalue weighted by atomic mass is 35.5. The Morgan fingerprint density at radius 2 is 0.882 bits per heavy atom. The van der Waals surface area contributed by atoms with Crippen LogP contribution in [0.25, 0.3) is 0 Å². The number of rotatable bonds is 0. The average molecular weight is 279 g/mol. The summed E-state index contributed by atoms with van der Waals surface area (Å²) in [6.45, 7) is 0. The molecule has 0 bridgehead atoms. The molecule has 0 saturated heterocycles. The van der Waals surface area contributed by atoms with Crippen molar-refractivity contribution >= 4 is 23.4 Å². The highest BCUT2D eigenvalue weighted by Crippen LogP contribution is 1.68. The van der Waals surface area contributed by atoms with Crippen LogP contribution in [0.1, 0.15) is 0 Å². The molecule has 0 aliphatic rings. The normalized spacial score (nSPS) is 7.65. The van der Waals surface area contributed by atoms with Gasteiger partial charge in [0, 0.05) is 24.8 Å². The molecule has 2 heterocycles. The van der Waals surface area contributed by atoms with Gasteiger partial charge in [-0.2, -0.15) is 20.4 Å². The van der Waals surface area contributed by atoms with E-state index in [-0.39, 0.29) is 12.4 Å².